The fourth-order valence-corrected chi connectivity index (χ4v) is 5.11. The van der Waals surface area contributed by atoms with E-state index in [1.165, 1.54) is 42.2 Å². The highest BCUT2D eigenvalue weighted by Gasteiger charge is 2.18. The van der Waals surface area contributed by atoms with Crippen LogP contribution in [-0.2, 0) is 13.5 Å². The molecule has 38 heavy (non-hydrogen) atoms. The predicted molar refractivity (Wildman–Crippen MR) is 148 cm³/mol. The first-order valence-corrected chi connectivity index (χ1v) is 13.2. The van der Waals surface area contributed by atoms with E-state index in [9.17, 15) is 4.79 Å². The molecular formula is C30H33FN4O3. The summed E-state index contributed by atoms with van der Waals surface area (Å²) in [6, 6.07) is 10.4. The van der Waals surface area contributed by atoms with E-state index in [0.29, 0.717) is 28.9 Å². The third-order valence-electron chi connectivity index (χ3n) is 7.19. The molecule has 0 bridgehead atoms. The lowest BCUT2D eigenvalue weighted by molar-refractivity contribution is 0.409. The van der Waals surface area contributed by atoms with Crippen LogP contribution in [0.1, 0.15) is 51.0 Å². The van der Waals surface area contributed by atoms with Crippen LogP contribution in [0.2, 0.25) is 0 Å². The van der Waals surface area contributed by atoms with Gasteiger partial charge in [-0.3, -0.25) is 14.3 Å². The first-order valence-electron chi connectivity index (χ1n) is 13.2. The second kappa shape index (κ2) is 11.2. The van der Waals surface area contributed by atoms with Crippen molar-refractivity contribution in [3.8, 4) is 28.4 Å². The fourth-order valence-electron chi connectivity index (χ4n) is 5.11. The van der Waals surface area contributed by atoms with Gasteiger partial charge >= 0.3 is 0 Å². The van der Waals surface area contributed by atoms with Crippen molar-refractivity contribution in [2.75, 3.05) is 12.4 Å². The Bertz CT molecular complexity index is 1510. The lowest BCUT2D eigenvalue weighted by atomic mass is 9.96. The molecule has 1 aliphatic rings. The minimum Gasteiger partial charge on any atom is -0.496 e. The smallest absolute Gasteiger partial charge is 0.262 e. The average Bonchev–Trinajstić information content (AvgIpc) is 2.93. The number of pyridine rings is 1. The molecule has 2 aromatic carbocycles. The van der Waals surface area contributed by atoms with Gasteiger partial charge in [-0.25, -0.2) is 9.37 Å². The number of hydrogen-bond donors (Lipinski definition) is 1. The van der Waals surface area contributed by atoms with Crippen molar-refractivity contribution in [3.05, 3.63) is 70.5 Å². The van der Waals surface area contributed by atoms with Crippen LogP contribution in [-0.4, -0.2) is 27.7 Å². The number of halogens is 1. The Balaban J connectivity index is 1.41. The van der Waals surface area contributed by atoms with Crippen molar-refractivity contribution in [3.63, 3.8) is 0 Å². The maximum atomic E-state index is 15.2. The van der Waals surface area contributed by atoms with Crippen molar-refractivity contribution in [2.45, 2.75) is 57.9 Å². The van der Waals surface area contributed by atoms with Gasteiger partial charge in [-0.15, -0.1) is 0 Å². The summed E-state index contributed by atoms with van der Waals surface area (Å²) in [7, 11) is 3.32. The van der Waals surface area contributed by atoms with Gasteiger partial charge in [-0.2, -0.15) is 0 Å². The van der Waals surface area contributed by atoms with E-state index in [1.807, 2.05) is 12.1 Å². The van der Waals surface area contributed by atoms with E-state index in [4.69, 9.17) is 9.47 Å². The van der Waals surface area contributed by atoms with Gasteiger partial charge in [-0.05, 0) is 60.7 Å². The maximum Gasteiger partial charge on any atom is 0.262 e. The number of hydrogen-bond acceptors (Lipinski definition) is 6. The fraction of sp³-hybridized carbons (Fsp3) is 0.367. The number of rotatable bonds is 8. The van der Waals surface area contributed by atoms with Crippen LogP contribution in [0, 0.1) is 5.82 Å². The van der Waals surface area contributed by atoms with Gasteiger partial charge < -0.3 is 14.8 Å². The molecule has 2 aromatic heterocycles. The van der Waals surface area contributed by atoms with Crippen LogP contribution >= 0.6 is 0 Å². The minimum atomic E-state index is -0.575. The minimum absolute atomic E-state index is 0.0539. The van der Waals surface area contributed by atoms with Crippen molar-refractivity contribution in [1.82, 2.24) is 14.5 Å². The van der Waals surface area contributed by atoms with Gasteiger partial charge in [0.2, 0.25) is 5.95 Å². The van der Waals surface area contributed by atoms with Crippen LogP contribution in [0.25, 0.3) is 22.0 Å². The molecule has 0 spiro atoms. The molecule has 4 aromatic rings. The molecule has 0 atom stereocenters. The van der Waals surface area contributed by atoms with E-state index in [0.717, 1.165) is 47.9 Å². The number of fused-ring (bicyclic) bond motifs is 1. The topological polar surface area (TPSA) is 78.3 Å². The molecule has 2 heterocycles. The Morgan fingerprint density at radius 2 is 1.87 bits per heavy atom. The highest BCUT2D eigenvalue weighted by atomic mass is 19.1. The van der Waals surface area contributed by atoms with Crippen molar-refractivity contribution in [1.29, 1.82) is 0 Å². The number of nitrogens with one attached hydrogen (secondary N) is 1. The Hall–Kier alpha value is -3.94. The number of benzene rings is 2. The Labute approximate surface area is 221 Å². The van der Waals surface area contributed by atoms with Crippen LogP contribution in [0.15, 0.2) is 53.6 Å². The summed E-state index contributed by atoms with van der Waals surface area (Å²) >= 11 is 0. The van der Waals surface area contributed by atoms with Crippen molar-refractivity contribution >= 4 is 16.9 Å². The normalized spacial score (nSPS) is 14.0. The zero-order chi connectivity index (χ0) is 26.6. The number of nitrogens with zero attached hydrogens (tertiary/aromatic N) is 3. The SMILES string of the molecule is CCCc1cc2nccc(Oc3ccc(-c4cnc(NC5CCCCC5)n(C)c4=O)cc3F)c2cc1OC. The Morgan fingerprint density at radius 3 is 2.61 bits per heavy atom. The number of aromatic nitrogens is 3. The summed E-state index contributed by atoms with van der Waals surface area (Å²) in [5, 5.41) is 4.12. The largest absolute Gasteiger partial charge is 0.496 e. The number of anilines is 1. The molecular weight excluding hydrogens is 483 g/mol. The Kier molecular flexibility index (Phi) is 7.58. The molecule has 0 unspecified atom stereocenters. The van der Waals surface area contributed by atoms with Gasteiger partial charge in [0.05, 0.1) is 18.2 Å². The van der Waals surface area contributed by atoms with Gasteiger partial charge in [0, 0.05) is 30.9 Å². The molecule has 1 fully saturated rings. The molecule has 7 nitrogen and oxygen atoms in total. The molecule has 5 rings (SSSR count). The number of aryl methyl sites for hydroxylation is 1. The molecule has 0 saturated heterocycles. The third-order valence-corrected chi connectivity index (χ3v) is 7.19. The maximum absolute atomic E-state index is 15.2. The van der Waals surface area contributed by atoms with E-state index in [2.05, 4.69) is 22.2 Å². The molecule has 1 N–H and O–H groups in total. The standard InChI is InChI=1S/C30H33FN4O3/c1-4-8-20-16-25-22(17-28(20)37-3)26(13-14-32-25)38-27-12-11-19(15-24(27)31)23-18-33-30(35(2)29(23)36)34-21-9-6-5-7-10-21/h11-18,21H,4-10H2,1-3H3,(H,33,34). The van der Waals surface area contributed by atoms with Crippen LogP contribution in [0.4, 0.5) is 10.3 Å². The van der Waals surface area contributed by atoms with E-state index in [1.54, 1.807) is 32.5 Å². The van der Waals surface area contributed by atoms with Crippen LogP contribution < -0.4 is 20.3 Å². The summed E-state index contributed by atoms with van der Waals surface area (Å²) in [6.07, 6.45) is 10.8. The van der Waals surface area contributed by atoms with E-state index >= 15 is 4.39 Å². The summed E-state index contributed by atoms with van der Waals surface area (Å²) in [5.41, 5.74) is 2.35. The second-order valence-electron chi connectivity index (χ2n) is 9.83. The summed E-state index contributed by atoms with van der Waals surface area (Å²) in [5.74, 6) is 1.23. The predicted octanol–water partition coefficient (Wildman–Crippen LogP) is 6.63. The lowest BCUT2D eigenvalue weighted by Crippen LogP contribution is -2.29. The highest BCUT2D eigenvalue weighted by Crippen LogP contribution is 2.35. The number of ether oxygens (including phenoxy) is 2. The molecule has 8 heteroatoms. The van der Waals surface area contributed by atoms with Crippen LogP contribution in [0.3, 0.4) is 0 Å². The van der Waals surface area contributed by atoms with Gasteiger partial charge in [0.25, 0.3) is 5.56 Å². The van der Waals surface area contributed by atoms with E-state index < -0.39 is 5.82 Å². The first kappa shape index (κ1) is 25.7. The summed E-state index contributed by atoms with van der Waals surface area (Å²) < 4.78 is 28.3. The molecule has 0 amide bonds. The monoisotopic (exact) mass is 516 g/mol. The molecule has 1 aliphatic carbocycles. The quantitative estimate of drug-likeness (QED) is 0.283. The average molecular weight is 517 g/mol. The highest BCUT2D eigenvalue weighted by molar-refractivity contribution is 5.87. The molecule has 1 saturated carbocycles. The van der Waals surface area contributed by atoms with Crippen molar-refractivity contribution < 1.29 is 13.9 Å². The van der Waals surface area contributed by atoms with Crippen LogP contribution in [0.5, 0.6) is 17.2 Å². The van der Waals surface area contributed by atoms with Crippen molar-refractivity contribution in [2.24, 2.45) is 7.05 Å². The zero-order valence-corrected chi connectivity index (χ0v) is 22.1. The molecule has 0 aliphatic heterocycles. The van der Waals surface area contributed by atoms with Gasteiger partial charge in [0.15, 0.2) is 11.6 Å². The lowest BCUT2D eigenvalue weighted by Gasteiger charge is -2.24. The number of methoxy groups -OCH3 is 1. The van der Waals surface area contributed by atoms with Gasteiger partial charge in [0.1, 0.15) is 11.5 Å². The van der Waals surface area contributed by atoms with Gasteiger partial charge in [-0.1, -0.05) is 38.7 Å². The van der Waals surface area contributed by atoms with E-state index in [-0.39, 0.29) is 11.3 Å². The second-order valence-corrected chi connectivity index (χ2v) is 9.83. The first-order chi connectivity index (χ1) is 18.5. The zero-order valence-electron chi connectivity index (χ0n) is 22.1. The molecule has 0 radical (unpaired) electrons. The third kappa shape index (κ3) is 5.21. The Morgan fingerprint density at radius 1 is 1.05 bits per heavy atom. The molecule has 198 valence electrons. The summed E-state index contributed by atoms with van der Waals surface area (Å²) in [4.78, 5) is 22.1. The summed E-state index contributed by atoms with van der Waals surface area (Å²) in [6.45, 7) is 2.11.